The number of aromatic nitrogens is 2. The molecule has 0 atom stereocenters. The summed E-state index contributed by atoms with van der Waals surface area (Å²) in [4.78, 5) is 29.8. The lowest BCUT2D eigenvalue weighted by Gasteiger charge is -2.09. The van der Waals surface area contributed by atoms with Gasteiger partial charge in [0.2, 0.25) is 0 Å². The van der Waals surface area contributed by atoms with Crippen molar-refractivity contribution in [3.8, 4) is 17.0 Å². The van der Waals surface area contributed by atoms with Crippen LogP contribution in [0.25, 0.3) is 11.3 Å². The van der Waals surface area contributed by atoms with Gasteiger partial charge in [-0.25, -0.2) is 9.59 Å². The van der Waals surface area contributed by atoms with Gasteiger partial charge in [0.25, 0.3) is 0 Å². The molecule has 2 aromatic rings. The summed E-state index contributed by atoms with van der Waals surface area (Å²) in [7, 11) is 0. The monoisotopic (exact) mass is 338 g/mol. The van der Waals surface area contributed by atoms with E-state index in [9.17, 15) is 9.59 Å². The number of carbonyl (C=O) groups is 2. The summed E-state index contributed by atoms with van der Waals surface area (Å²) in [6.07, 6.45) is 5.96. The van der Waals surface area contributed by atoms with E-state index in [-0.39, 0.29) is 15.8 Å². The number of benzene rings is 1. The van der Waals surface area contributed by atoms with Crippen molar-refractivity contribution in [3.05, 3.63) is 52.9 Å². The average Bonchev–Trinajstić information content (AvgIpc) is 2.51. The molecule has 0 aliphatic carbocycles. The van der Waals surface area contributed by atoms with Crippen molar-refractivity contribution in [2.24, 2.45) is 0 Å². The lowest BCUT2D eigenvalue weighted by molar-refractivity contribution is -0.133. The van der Waals surface area contributed by atoms with Gasteiger partial charge in [-0.15, -0.1) is 0 Å². The molecule has 0 spiro atoms. The third kappa shape index (κ3) is 3.81. The van der Waals surface area contributed by atoms with E-state index in [1.165, 1.54) is 24.7 Å². The third-order valence-corrected chi connectivity index (χ3v) is 3.32. The van der Waals surface area contributed by atoms with E-state index in [4.69, 9.17) is 33.0 Å². The Hall–Kier alpha value is -2.44. The van der Waals surface area contributed by atoms with Gasteiger partial charge in [-0.05, 0) is 12.1 Å². The molecule has 0 bridgehead atoms. The van der Waals surface area contributed by atoms with Gasteiger partial charge in [0.05, 0.1) is 16.9 Å². The van der Waals surface area contributed by atoms with Crippen LogP contribution in [-0.4, -0.2) is 27.0 Å². The Balaban J connectivity index is 2.28. The fraction of sp³-hybridized carbons (Fsp3) is 0. The molecule has 0 amide bonds. The highest BCUT2D eigenvalue weighted by atomic mass is 35.5. The molecule has 0 saturated carbocycles. The Kier molecular flexibility index (Phi) is 5.08. The zero-order valence-corrected chi connectivity index (χ0v) is 12.4. The van der Waals surface area contributed by atoms with Crippen molar-refractivity contribution in [3.63, 3.8) is 0 Å². The topological polar surface area (TPSA) is 89.4 Å². The molecule has 6 nitrogen and oxygen atoms in total. The van der Waals surface area contributed by atoms with Crippen molar-refractivity contribution in [1.82, 2.24) is 9.97 Å². The number of carboxylic acid groups (broad SMARTS) is 1. The maximum Gasteiger partial charge on any atom is 0.336 e. The zero-order chi connectivity index (χ0) is 16.1. The van der Waals surface area contributed by atoms with Crippen LogP contribution in [0.4, 0.5) is 0 Å². The van der Waals surface area contributed by atoms with Crippen molar-refractivity contribution in [2.75, 3.05) is 0 Å². The molecular weight excluding hydrogens is 331 g/mol. The number of hydrogen-bond acceptors (Lipinski definition) is 5. The fourth-order valence-corrected chi connectivity index (χ4v) is 1.98. The van der Waals surface area contributed by atoms with E-state index in [1.807, 2.05) is 0 Å². The van der Waals surface area contributed by atoms with Gasteiger partial charge in [-0.2, -0.15) is 0 Å². The van der Waals surface area contributed by atoms with E-state index in [2.05, 4.69) is 9.97 Å². The number of carbonyl (C=O) groups excluding carboxylic acids is 1. The largest absolute Gasteiger partial charge is 0.478 e. The minimum Gasteiger partial charge on any atom is -0.478 e. The number of ether oxygens (including phenoxy) is 1. The highest BCUT2D eigenvalue weighted by Crippen LogP contribution is 2.38. The van der Waals surface area contributed by atoms with Gasteiger partial charge in [-0.3, -0.25) is 9.97 Å². The molecule has 0 fully saturated rings. The lowest BCUT2D eigenvalue weighted by Crippen LogP contribution is -2.05. The van der Waals surface area contributed by atoms with Gasteiger partial charge in [0, 0.05) is 30.1 Å². The van der Waals surface area contributed by atoms with Gasteiger partial charge in [-0.1, -0.05) is 23.2 Å². The molecule has 1 N–H and O–H groups in total. The standard InChI is InChI=1S/C14H8Cl2N2O4/c15-13-8(9-7-17-5-6-18-9)1-2-10(14(13)16)22-12(21)4-3-11(19)20/h1-7H,(H,19,20)/b4-3+. The Labute approximate surface area is 135 Å². The minimum absolute atomic E-state index is 0.0133. The molecule has 0 aliphatic heterocycles. The summed E-state index contributed by atoms with van der Waals surface area (Å²) in [5.41, 5.74) is 1.04. The number of aliphatic carboxylic acids is 1. The van der Waals surface area contributed by atoms with E-state index in [1.54, 1.807) is 6.07 Å². The minimum atomic E-state index is -1.26. The van der Waals surface area contributed by atoms with E-state index in [0.717, 1.165) is 6.08 Å². The molecule has 1 heterocycles. The highest BCUT2D eigenvalue weighted by molar-refractivity contribution is 6.44. The smallest absolute Gasteiger partial charge is 0.336 e. The molecule has 0 unspecified atom stereocenters. The van der Waals surface area contributed by atoms with Crippen molar-refractivity contribution < 1.29 is 19.4 Å². The summed E-state index contributed by atoms with van der Waals surface area (Å²) < 4.78 is 4.93. The molecular formula is C14H8Cl2N2O4. The molecule has 1 aromatic carbocycles. The Morgan fingerprint density at radius 2 is 1.91 bits per heavy atom. The fourth-order valence-electron chi connectivity index (χ4n) is 1.53. The van der Waals surface area contributed by atoms with Crippen LogP contribution in [-0.2, 0) is 9.59 Å². The number of halogens is 2. The molecule has 0 saturated heterocycles. The van der Waals surface area contributed by atoms with Crippen molar-refractivity contribution in [2.45, 2.75) is 0 Å². The predicted molar refractivity (Wildman–Crippen MR) is 79.9 cm³/mol. The molecule has 1 aromatic heterocycles. The SMILES string of the molecule is O=C(O)/C=C/C(=O)Oc1ccc(-c2cnccn2)c(Cl)c1Cl. The summed E-state index contributed by atoms with van der Waals surface area (Å²) in [6, 6.07) is 3.01. The van der Waals surface area contributed by atoms with E-state index in [0.29, 0.717) is 17.3 Å². The first-order valence-electron chi connectivity index (χ1n) is 5.86. The Bertz CT molecular complexity index is 748. The number of esters is 1. The van der Waals surface area contributed by atoms with Gasteiger partial charge in [0.1, 0.15) is 5.02 Å². The summed E-state index contributed by atoms with van der Waals surface area (Å²) in [6.45, 7) is 0. The maximum absolute atomic E-state index is 11.4. The predicted octanol–water partition coefficient (Wildman–Crippen LogP) is 3.00. The Morgan fingerprint density at radius 1 is 1.14 bits per heavy atom. The summed E-state index contributed by atoms with van der Waals surface area (Å²) in [5.74, 6) is -2.13. The number of nitrogens with zero attached hydrogens (tertiary/aromatic N) is 2. The number of rotatable bonds is 4. The van der Waals surface area contributed by atoms with Crippen LogP contribution in [0.3, 0.4) is 0 Å². The second-order valence-electron chi connectivity index (χ2n) is 3.92. The van der Waals surface area contributed by atoms with Crippen molar-refractivity contribution in [1.29, 1.82) is 0 Å². The normalized spacial score (nSPS) is 10.6. The van der Waals surface area contributed by atoms with Crippen LogP contribution in [0.2, 0.25) is 10.0 Å². The molecule has 0 aliphatic rings. The first-order chi connectivity index (χ1) is 10.5. The zero-order valence-electron chi connectivity index (χ0n) is 10.9. The highest BCUT2D eigenvalue weighted by Gasteiger charge is 2.15. The molecule has 22 heavy (non-hydrogen) atoms. The Morgan fingerprint density at radius 3 is 2.55 bits per heavy atom. The second kappa shape index (κ2) is 7.02. The van der Waals surface area contributed by atoms with Crippen LogP contribution in [0.5, 0.6) is 5.75 Å². The van der Waals surface area contributed by atoms with E-state index < -0.39 is 11.9 Å². The van der Waals surface area contributed by atoms with Gasteiger partial charge < -0.3 is 9.84 Å². The third-order valence-electron chi connectivity index (χ3n) is 2.46. The van der Waals surface area contributed by atoms with Crippen LogP contribution >= 0.6 is 23.2 Å². The molecule has 2 rings (SSSR count). The quantitative estimate of drug-likeness (QED) is 0.523. The number of carboxylic acids is 1. The van der Waals surface area contributed by atoms with Crippen LogP contribution in [0, 0.1) is 0 Å². The molecule has 8 heteroatoms. The molecule has 0 radical (unpaired) electrons. The maximum atomic E-state index is 11.4. The second-order valence-corrected chi connectivity index (χ2v) is 4.68. The molecule has 112 valence electrons. The van der Waals surface area contributed by atoms with Crippen LogP contribution in [0.1, 0.15) is 0 Å². The van der Waals surface area contributed by atoms with Gasteiger partial charge >= 0.3 is 11.9 Å². The summed E-state index contributed by atoms with van der Waals surface area (Å²) in [5, 5.41) is 8.60. The first-order valence-corrected chi connectivity index (χ1v) is 6.62. The van der Waals surface area contributed by atoms with Gasteiger partial charge in [0.15, 0.2) is 5.75 Å². The number of hydrogen-bond donors (Lipinski definition) is 1. The van der Waals surface area contributed by atoms with Crippen LogP contribution < -0.4 is 4.74 Å². The van der Waals surface area contributed by atoms with Crippen LogP contribution in [0.15, 0.2) is 42.9 Å². The van der Waals surface area contributed by atoms with E-state index >= 15 is 0 Å². The summed E-state index contributed by atoms with van der Waals surface area (Å²) >= 11 is 12.2. The lowest BCUT2D eigenvalue weighted by atomic mass is 10.1. The average molecular weight is 339 g/mol. The van der Waals surface area contributed by atoms with Crippen molar-refractivity contribution >= 4 is 35.1 Å². The first kappa shape index (κ1) is 15.9.